The molecule has 0 fully saturated rings. The highest BCUT2D eigenvalue weighted by Gasteiger charge is 2.05. The van der Waals surface area contributed by atoms with Gasteiger partial charge in [-0.25, -0.2) is 0 Å². The standard InChI is InChI=1S/C9H20N2/c1-7(2)10-9(5)11(6)8(3)4/h7-8,10H,5H2,1-4,6H3. The Morgan fingerprint density at radius 2 is 1.73 bits per heavy atom. The largest absolute Gasteiger partial charge is 0.370 e. The summed E-state index contributed by atoms with van der Waals surface area (Å²) >= 11 is 0. The second-order valence-electron chi connectivity index (χ2n) is 3.45. The van der Waals surface area contributed by atoms with Crippen LogP contribution in [0.4, 0.5) is 0 Å². The van der Waals surface area contributed by atoms with Gasteiger partial charge in [0.15, 0.2) is 0 Å². The second kappa shape index (κ2) is 4.27. The minimum absolute atomic E-state index is 0.462. The molecule has 0 aliphatic carbocycles. The van der Waals surface area contributed by atoms with E-state index in [0.717, 1.165) is 5.82 Å². The minimum atomic E-state index is 0.462. The molecule has 0 atom stereocenters. The van der Waals surface area contributed by atoms with E-state index in [2.05, 4.69) is 44.5 Å². The van der Waals surface area contributed by atoms with Gasteiger partial charge in [-0.1, -0.05) is 6.58 Å². The molecule has 0 aliphatic heterocycles. The van der Waals surface area contributed by atoms with Crippen LogP contribution in [-0.4, -0.2) is 24.0 Å². The van der Waals surface area contributed by atoms with E-state index < -0.39 is 0 Å². The van der Waals surface area contributed by atoms with Crippen LogP contribution in [0.3, 0.4) is 0 Å². The summed E-state index contributed by atoms with van der Waals surface area (Å²) in [5, 5.41) is 3.26. The molecule has 0 saturated heterocycles. The topological polar surface area (TPSA) is 15.3 Å². The number of rotatable bonds is 4. The molecule has 0 spiro atoms. The van der Waals surface area contributed by atoms with Crippen LogP contribution in [-0.2, 0) is 0 Å². The van der Waals surface area contributed by atoms with Gasteiger partial charge in [-0.05, 0) is 27.7 Å². The van der Waals surface area contributed by atoms with Gasteiger partial charge < -0.3 is 10.2 Å². The molecule has 0 aliphatic rings. The lowest BCUT2D eigenvalue weighted by Gasteiger charge is -2.27. The van der Waals surface area contributed by atoms with Gasteiger partial charge in [0, 0.05) is 19.1 Å². The lowest BCUT2D eigenvalue weighted by molar-refractivity contribution is 0.314. The molecule has 1 N–H and O–H groups in total. The summed E-state index contributed by atoms with van der Waals surface area (Å²) < 4.78 is 0. The van der Waals surface area contributed by atoms with Crippen molar-refractivity contribution >= 4 is 0 Å². The number of nitrogens with one attached hydrogen (secondary N) is 1. The average Bonchev–Trinajstić information content (AvgIpc) is 1.84. The van der Waals surface area contributed by atoms with Crippen molar-refractivity contribution < 1.29 is 0 Å². The van der Waals surface area contributed by atoms with Crippen molar-refractivity contribution in [3.05, 3.63) is 12.4 Å². The van der Waals surface area contributed by atoms with Gasteiger partial charge in [-0.2, -0.15) is 0 Å². The Kier molecular flexibility index (Phi) is 4.01. The first-order chi connectivity index (χ1) is 4.95. The quantitative estimate of drug-likeness (QED) is 0.667. The molecular weight excluding hydrogens is 136 g/mol. The highest BCUT2D eigenvalue weighted by molar-refractivity contribution is 4.91. The maximum atomic E-state index is 3.93. The zero-order valence-electron chi connectivity index (χ0n) is 8.31. The first-order valence-corrected chi connectivity index (χ1v) is 4.13. The molecule has 0 aromatic heterocycles. The molecule has 0 radical (unpaired) electrons. The van der Waals surface area contributed by atoms with Crippen molar-refractivity contribution in [2.24, 2.45) is 0 Å². The van der Waals surface area contributed by atoms with Crippen LogP contribution in [0.5, 0.6) is 0 Å². The maximum Gasteiger partial charge on any atom is 0.0940 e. The van der Waals surface area contributed by atoms with E-state index in [0.29, 0.717) is 12.1 Å². The zero-order valence-corrected chi connectivity index (χ0v) is 8.31. The molecule has 0 rings (SSSR count). The zero-order chi connectivity index (χ0) is 9.02. The van der Waals surface area contributed by atoms with Crippen molar-refractivity contribution in [2.45, 2.75) is 39.8 Å². The first-order valence-electron chi connectivity index (χ1n) is 4.13. The minimum Gasteiger partial charge on any atom is -0.370 e. The fourth-order valence-electron chi connectivity index (χ4n) is 0.747. The molecule has 0 amide bonds. The van der Waals surface area contributed by atoms with Gasteiger partial charge in [-0.3, -0.25) is 0 Å². The van der Waals surface area contributed by atoms with Gasteiger partial charge in [-0.15, -0.1) is 0 Å². The van der Waals surface area contributed by atoms with Crippen LogP contribution < -0.4 is 5.32 Å². The van der Waals surface area contributed by atoms with Crippen LogP contribution in [0.1, 0.15) is 27.7 Å². The summed E-state index contributed by atoms with van der Waals surface area (Å²) in [5.74, 6) is 0.995. The number of hydrogen-bond donors (Lipinski definition) is 1. The summed E-state index contributed by atoms with van der Waals surface area (Å²) in [4.78, 5) is 2.12. The molecular formula is C9H20N2. The van der Waals surface area contributed by atoms with Crippen molar-refractivity contribution in [2.75, 3.05) is 7.05 Å². The van der Waals surface area contributed by atoms with Crippen LogP contribution in [0, 0.1) is 0 Å². The summed E-state index contributed by atoms with van der Waals surface area (Å²) in [6.45, 7) is 12.4. The fraction of sp³-hybridized carbons (Fsp3) is 0.778. The van der Waals surface area contributed by atoms with E-state index in [1.54, 1.807) is 0 Å². The van der Waals surface area contributed by atoms with Gasteiger partial charge in [0.1, 0.15) is 0 Å². The lowest BCUT2D eigenvalue weighted by atomic mass is 10.3. The molecule has 0 saturated carbocycles. The third-order valence-corrected chi connectivity index (χ3v) is 1.66. The Hall–Kier alpha value is -0.660. The Bertz CT molecular complexity index is 128. The molecule has 0 aromatic carbocycles. The molecule has 2 heteroatoms. The van der Waals surface area contributed by atoms with Gasteiger partial charge in [0.25, 0.3) is 0 Å². The monoisotopic (exact) mass is 156 g/mol. The lowest BCUT2D eigenvalue weighted by Crippen LogP contribution is -2.35. The molecule has 0 heterocycles. The molecule has 0 bridgehead atoms. The Balaban J connectivity index is 3.83. The molecule has 0 aromatic rings. The van der Waals surface area contributed by atoms with E-state index >= 15 is 0 Å². The third-order valence-electron chi connectivity index (χ3n) is 1.66. The summed E-state index contributed by atoms with van der Waals surface area (Å²) in [6, 6.07) is 0.970. The summed E-state index contributed by atoms with van der Waals surface area (Å²) in [5.41, 5.74) is 0. The third kappa shape index (κ3) is 3.91. The van der Waals surface area contributed by atoms with Crippen LogP contribution in [0.25, 0.3) is 0 Å². The SMILES string of the molecule is C=C(NC(C)C)N(C)C(C)C. The molecule has 2 nitrogen and oxygen atoms in total. The van der Waals surface area contributed by atoms with E-state index in [1.165, 1.54) is 0 Å². The number of hydrogen-bond acceptors (Lipinski definition) is 2. The van der Waals surface area contributed by atoms with Crippen LogP contribution >= 0.6 is 0 Å². The molecule has 66 valence electrons. The highest BCUT2D eigenvalue weighted by atomic mass is 15.2. The molecule has 11 heavy (non-hydrogen) atoms. The van der Waals surface area contributed by atoms with Crippen LogP contribution in [0.15, 0.2) is 12.4 Å². The Morgan fingerprint density at radius 1 is 1.27 bits per heavy atom. The number of nitrogens with zero attached hydrogens (tertiary/aromatic N) is 1. The summed E-state index contributed by atoms with van der Waals surface area (Å²) in [7, 11) is 2.04. The van der Waals surface area contributed by atoms with Crippen molar-refractivity contribution in [1.82, 2.24) is 10.2 Å². The smallest absolute Gasteiger partial charge is 0.0940 e. The average molecular weight is 156 g/mol. The van der Waals surface area contributed by atoms with E-state index in [-0.39, 0.29) is 0 Å². The van der Waals surface area contributed by atoms with Gasteiger partial charge in [0.05, 0.1) is 5.82 Å². The molecule has 0 unspecified atom stereocenters. The normalized spacial score (nSPS) is 10.5. The van der Waals surface area contributed by atoms with E-state index in [9.17, 15) is 0 Å². The van der Waals surface area contributed by atoms with Gasteiger partial charge >= 0.3 is 0 Å². The van der Waals surface area contributed by atoms with Crippen LogP contribution in [0.2, 0.25) is 0 Å². The second-order valence-corrected chi connectivity index (χ2v) is 3.45. The predicted octanol–water partition coefficient (Wildman–Crippen LogP) is 1.80. The highest BCUT2D eigenvalue weighted by Crippen LogP contribution is 2.01. The van der Waals surface area contributed by atoms with E-state index in [1.807, 2.05) is 7.05 Å². The van der Waals surface area contributed by atoms with Gasteiger partial charge in [0.2, 0.25) is 0 Å². The first kappa shape index (κ1) is 10.3. The predicted molar refractivity (Wildman–Crippen MR) is 50.3 cm³/mol. The maximum absolute atomic E-state index is 3.93. The summed E-state index contributed by atoms with van der Waals surface area (Å²) in [6.07, 6.45) is 0. The van der Waals surface area contributed by atoms with E-state index in [4.69, 9.17) is 0 Å². The Morgan fingerprint density at radius 3 is 2.00 bits per heavy atom. The van der Waals surface area contributed by atoms with Crippen molar-refractivity contribution in [3.8, 4) is 0 Å². The van der Waals surface area contributed by atoms with Crippen molar-refractivity contribution in [1.29, 1.82) is 0 Å². The fourth-order valence-corrected chi connectivity index (χ4v) is 0.747. The Labute approximate surface area is 70.3 Å². The van der Waals surface area contributed by atoms with Crippen molar-refractivity contribution in [3.63, 3.8) is 0 Å².